The van der Waals surface area contributed by atoms with E-state index in [0.717, 1.165) is 11.3 Å². The highest BCUT2D eigenvalue weighted by Gasteiger charge is 2.40. The summed E-state index contributed by atoms with van der Waals surface area (Å²) >= 11 is 7.25. The number of rotatable bonds is 4. The number of benzene rings is 1. The van der Waals surface area contributed by atoms with Gasteiger partial charge in [-0.1, -0.05) is 35.1 Å². The average molecular weight is 390 g/mol. The molecule has 9 heteroatoms. The van der Waals surface area contributed by atoms with Crippen molar-refractivity contribution in [2.24, 2.45) is 0 Å². The van der Waals surface area contributed by atoms with Crippen LogP contribution in [0.15, 0.2) is 30.5 Å². The lowest BCUT2D eigenvalue weighted by Gasteiger charge is -2.18. The number of imidazole rings is 1. The van der Waals surface area contributed by atoms with Crippen LogP contribution in [0.3, 0.4) is 0 Å². The summed E-state index contributed by atoms with van der Waals surface area (Å²) in [5.74, 6) is -0.367. The number of hydrogen-bond acceptors (Lipinski definition) is 6. The molecule has 0 aliphatic carbocycles. The minimum atomic E-state index is -0.573. The lowest BCUT2D eigenvalue weighted by molar-refractivity contribution is -0.140. The van der Waals surface area contributed by atoms with Crippen molar-refractivity contribution in [3.63, 3.8) is 0 Å². The van der Waals surface area contributed by atoms with Crippen molar-refractivity contribution >= 4 is 44.8 Å². The van der Waals surface area contributed by atoms with Crippen molar-refractivity contribution in [3.05, 3.63) is 35.5 Å². The molecule has 1 fully saturated rings. The van der Waals surface area contributed by atoms with Gasteiger partial charge in [-0.2, -0.15) is 0 Å². The standard InChI is InChI=1S/C17H16ClN5O2S/c1-9(2)23-14(24)7-12(15(23)25)19-16-21-22-8-13(20-17(22)26-16)10-3-5-11(18)6-4-10/h3-6,8-9,12H,7H2,1-2H3,(H,19,21). The number of hydrogen-bond donors (Lipinski definition) is 1. The van der Waals surface area contributed by atoms with E-state index < -0.39 is 6.04 Å². The number of likely N-dealkylation sites (tertiary alicyclic amines) is 1. The number of carbonyl (C=O) groups excluding carboxylic acids is 2. The van der Waals surface area contributed by atoms with Gasteiger partial charge in [-0.05, 0) is 26.0 Å². The van der Waals surface area contributed by atoms with E-state index in [1.165, 1.54) is 16.2 Å². The molecule has 2 aromatic heterocycles. The Morgan fingerprint density at radius 2 is 2.00 bits per heavy atom. The van der Waals surface area contributed by atoms with E-state index in [1.54, 1.807) is 4.52 Å². The number of imide groups is 1. The van der Waals surface area contributed by atoms with Gasteiger partial charge >= 0.3 is 0 Å². The topological polar surface area (TPSA) is 79.6 Å². The van der Waals surface area contributed by atoms with Gasteiger partial charge in [0.2, 0.25) is 16.0 Å². The van der Waals surface area contributed by atoms with Crippen LogP contribution < -0.4 is 5.32 Å². The summed E-state index contributed by atoms with van der Waals surface area (Å²) in [6, 6.07) is 6.71. The third-order valence-electron chi connectivity index (χ3n) is 4.18. The molecule has 2 amide bonds. The Morgan fingerprint density at radius 3 is 2.62 bits per heavy atom. The Bertz CT molecular complexity index is 963. The number of nitrogens with one attached hydrogen (secondary N) is 1. The first kappa shape index (κ1) is 17.0. The van der Waals surface area contributed by atoms with Crippen LogP contribution in [-0.2, 0) is 9.59 Å². The van der Waals surface area contributed by atoms with Crippen molar-refractivity contribution in [1.29, 1.82) is 0 Å². The maximum atomic E-state index is 12.4. The number of aromatic nitrogens is 3. The number of carbonyl (C=O) groups is 2. The zero-order chi connectivity index (χ0) is 18.4. The van der Waals surface area contributed by atoms with Gasteiger partial charge in [0.15, 0.2) is 0 Å². The predicted octanol–water partition coefficient (Wildman–Crippen LogP) is 3.06. The first-order valence-electron chi connectivity index (χ1n) is 8.17. The molecule has 7 nitrogen and oxygen atoms in total. The zero-order valence-electron chi connectivity index (χ0n) is 14.1. The normalized spacial score (nSPS) is 17.7. The van der Waals surface area contributed by atoms with Gasteiger partial charge in [0.25, 0.3) is 5.91 Å². The molecular weight excluding hydrogens is 374 g/mol. The van der Waals surface area contributed by atoms with E-state index in [1.807, 2.05) is 44.3 Å². The molecule has 1 saturated heterocycles. The molecule has 26 heavy (non-hydrogen) atoms. The Labute approximate surface area is 158 Å². The Balaban J connectivity index is 1.54. The highest BCUT2D eigenvalue weighted by molar-refractivity contribution is 7.20. The molecule has 0 saturated carbocycles. The number of anilines is 1. The Hall–Kier alpha value is -2.45. The fourth-order valence-corrected chi connectivity index (χ4v) is 3.93. The van der Waals surface area contributed by atoms with Crippen LogP contribution in [0.1, 0.15) is 20.3 Å². The molecule has 1 atom stereocenters. The molecule has 0 radical (unpaired) electrons. The maximum Gasteiger partial charge on any atom is 0.252 e. The lowest BCUT2D eigenvalue weighted by atomic mass is 10.2. The van der Waals surface area contributed by atoms with Gasteiger partial charge in [0, 0.05) is 16.6 Å². The SMILES string of the molecule is CC(C)N1C(=O)CC(Nc2nn3cc(-c4ccc(Cl)cc4)nc3s2)C1=O. The van der Waals surface area contributed by atoms with Crippen molar-refractivity contribution < 1.29 is 9.59 Å². The molecule has 0 bridgehead atoms. The minimum Gasteiger partial charge on any atom is -0.348 e. The highest BCUT2D eigenvalue weighted by Crippen LogP contribution is 2.27. The molecule has 3 heterocycles. The molecule has 3 aromatic rings. The van der Waals surface area contributed by atoms with Crippen LogP contribution in [0.25, 0.3) is 16.2 Å². The van der Waals surface area contributed by atoms with Crippen molar-refractivity contribution in [2.45, 2.75) is 32.4 Å². The summed E-state index contributed by atoms with van der Waals surface area (Å²) in [6.07, 6.45) is 1.97. The van der Waals surface area contributed by atoms with Crippen molar-refractivity contribution in [1.82, 2.24) is 19.5 Å². The van der Waals surface area contributed by atoms with Gasteiger partial charge < -0.3 is 5.32 Å². The number of amides is 2. The van der Waals surface area contributed by atoms with Gasteiger partial charge in [-0.25, -0.2) is 9.50 Å². The quantitative estimate of drug-likeness (QED) is 0.694. The molecule has 1 unspecified atom stereocenters. The summed E-state index contributed by atoms with van der Waals surface area (Å²) < 4.78 is 1.67. The molecule has 1 aliphatic rings. The van der Waals surface area contributed by atoms with Crippen LogP contribution >= 0.6 is 22.9 Å². The van der Waals surface area contributed by atoms with E-state index >= 15 is 0 Å². The third-order valence-corrected chi connectivity index (χ3v) is 5.29. The number of fused-ring (bicyclic) bond motifs is 1. The van der Waals surface area contributed by atoms with Crippen LogP contribution in [0.5, 0.6) is 0 Å². The van der Waals surface area contributed by atoms with Gasteiger partial charge in [-0.15, -0.1) is 5.10 Å². The molecule has 134 valence electrons. The molecular formula is C17H16ClN5O2S. The van der Waals surface area contributed by atoms with E-state index in [4.69, 9.17) is 11.6 Å². The average Bonchev–Trinajstić information content (AvgIpc) is 3.20. The Kier molecular flexibility index (Phi) is 4.16. The van der Waals surface area contributed by atoms with Gasteiger partial charge in [-0.3, -0.25) is 14.5 Å². The maximum absolute atomic E-state index is 12.4. The van der Waals surface area contributed by atoms with Gasteiger partial charge in [0.1, 0.15) is 6.04 Å². The second-order valence-electron chi connectivity index (χ2n) is 6.36. The number of nitrogens with zero attached hydrogens (tertiary/aromatic N) is 4. The smallest absolute Gasteiger partial charge is 0.252 e. The molecule has 1 N–H and O–H groups in total. The minimum absolute atomic E-state index is 0.141. The number of halogens is 1. The second kappa shape index (κ2) is 6.37. The molecule has 1 aliphatic heterocycles. The molecule has 4 rings (SSSR count). The third kappa shape index (κ3) is 2.95. The van der Waals surface area contributed by atoms with Gasteiger partial charge in [0.05, 0.1) is 18.3 Å². The first-order valence-corrected chi connectivity index (χ1v) is 9.36. The van der Waals surface area contributed by atoms with Crippen LogP contribution in [-0.4, -0.2) is 43.4 Å². The summed E-state index contributed by atoms with van der Waals surface area (Å²) in [4.78, 5) is 30.9. The molecule has 0 spiro atoms. The van der Waals surface area contributed by atoms with E-state index in [9.17, 15) is 9.59 Å². The summed E-state index contributed by atoms with van der Waals surface area (Å²) in [7, 11) is 0. The summed E-state index contributed by atoms with van der Waals surface area (Å²) in [5, 5.41) is 8.72. The van der Waals surface area contributed by atoms with Crippen molar-refractivity contribution in [2.75, 3.05) is 5.32 Å². The highest BCUT2D eigenvalue weighted by atomic mass is 35.5. The van der Waals surface area contributed by atoms with Crippen LogP contribution in [0, 0.1) is 0 Å². The first-order chi connectivity index (χ1) is 12.4. The Morgan fingerprint density at radius 1 is 1.27 bits per heavy atom. The fraction of sp³-hybridized carbons (Fsp3) is 0.294. The van der Waals surface area contributed by atoms with E-state index in [-0.39, 0.29) is 24.3 Å². The lowest BCUT2D eigenvalue weighted by Crippen LogP contribution is -2.39. The predicted molar refractivity (Wildman–Crippen MR) is 100 cm³/mol. The van der Waals surface area contributed by atoms with E-state index in [0.29, 0.717) is 15.1 Å². The fourth-order valence-electron chi connectivity index (χ4n) is 2.97. The van der Waals surface area contributed by atoms with Crippen LogP contribution in [0.2, 0.25) is 5.02 Å². The molecule has 1 aromatic carbocycles. The van der Waals surface area contributed by atoms with Crippen molar-refractivity contribution in [3.8, 4) is 11.3 Å². The zero-order valence-corrected chi connectivity index (χ0v) is 15.7. The van der Waals surface area contributed by atoms with E-state index in [2.05, 4.69) is 15.4 Å². The summed E-state index contributed by atoms with van der Waals surface area (Å²) in [6.45, 7) is 3.65. The largest absolute Gasteiger partial charge is 0.348 e. The summed E-state index contributed by atoms with van der Waals surface area (Å²) in [5.41, 5.74) is 1.75. The second-order valence-corrected chi connectivity index (χ2v) is 7.76. The van der Waals surface area contributed by atoms with Crippen LogP contribution in [0.4, 0.5) is 5.13 Å². The monoisotopic (exact) mass is 389 g/mol.